The highest BCUT2D eigenvalue weighted by Crippen LogP contribution is 2.36. The van der Waals surface area contributed by atoms with Gasteiger partial charge in [0.05, 0.1) is 5.69 Å². The summed E-state index contributed by atoms with van der Waals surface area (Å²) in [5, 5.41) is 20.6. The Morgan fingerprint density at radius 1 is 1.39 bits per heavy atom. The highest BCUT2D eigenvalue weighted by molar-refractivity contribution is 7.19. The molecule has 1 aliphatic rings. The van der Waals surface area contributed by atoms with Crippen molar-refractivity contribution in [3.63, 3.8) is 0 Å². The van der Waals surface area contributed by atoms with Crippen molar-refractivity contribution in [2.75, 3.05) is 5.73 Å². The first-order valence-electron chi connectivity index (χ1n) is 5.84. The Labute approximate surface area is 106 Å². The number of fused-ring (bicyclic) bond motifs is 1. The minimum Gasteiger partial charge on any atom is -0.382 e. The van der Waals surface area contributed by atoms with Crippen molar-refractivity contribution in [1.82, 2.24) is 30.0 Å². The summed E-state index contributed by atoms with van der Waals surface area (Å²) in [5.41, 5.74) is 6.42. The molecule has 4 rings (SSSR count). The number of hydrogen-bond donors (Lipinski definition) is 2. The Bertz CT molecular complexity index is 705. The van der Waals surface area contributed by atoms with Gasteiger partial charge in [0.1, 0.15) is 5.82 Å². The summed E-state index contributed by atoms with van der Waals surface area (Å²) >= 11 is 1.49. The highest BCUT2D eigenvalue weighted by atomic mass is 32.1. The van der Waals surface area contributed by atoms with E-state index >= 15 is 0 Å². The zero-order valence-electron chi connectivity index (χ0n) is 9.50. The molecule has 0 aromatic carbocycles. The van der Waals surface area contributed by atoms with Crippen LogP contribution in [0.25, 0.3) is 15.7 Å². The molecule has 7 nitrogen and oxygen atoms in total. The SMILES string of the molecule is Nc1cc(-c2nn3c(C4CCC4)nnc3s2)[nH]n1. The molecule has 8 heteroatoms. The van der Waals surface area contributed by atoms with E-state index in [4.69, 9.17) is 5.73 Å². The van der Waals surface area contributed by atoms with Crippen LogP contribution in [-0.4, -0.2) is 30.0 Å². The van der Waals surface area contributed by atoms with Crippen LogP contribution < -0.4 is 5.73 Å². The van der Waals surface area contributed by atoms with Gasteiger partial charge in [0.2, 0.25) is 4.96 Å². The van der Waals surface area contributed by atoms with E-state index in [1.165, 1.54) is 30.6 Å². The van der Waals surface area contributed by atoms with Crippen LogP contribution in [0.3, 0.4) is 0 Å². The van der Waals surface area contributed by atoms with E-state index in [2.05, 4.69) is 25.5 Å². The second kappa shape index (κ2) is 3.52. The van der Waals surface area contributed by atoms with Gasteiger partial charge in [-0.3, -0.25) is 5.10 Å². The number of nitrogens with one attached hydrogen (secondary N) is 1. The van der Waals surface area contributed by atoms with E-state index < -0.39 is 0 Å². The molecular formula is C10H11N7S. The molecule has 0 atom stereocenters. The lowest BCUT2D eigenvalue weighted by molar-refractivity contribution is 0.395. The minimum atomic E-state index is 0.468. The van der Waals surface area contributed by atoms with Crippen LogP contribution in [0.4, 0.5) is 5.82 Å². The van der Waals surface area contributed by atoms with E-state index in [-0.39, 0.29) is 0 Å². The maximum Gasteiger partial charge on any atom is 0.235 e. The molecule has 0 unspecified atom stereocenters. The van der Waals surface area contributed by atoms with Crippen LogP contribution in [0.5, 0.6) is 0 Å². The topological polar surface area (TPSA) is 97.8 Å². The zero-order chi connectivity index (χ0) is 12.1. The average molecular weight is 261 g/mol. The van der Waals surface area contributed by atoms with Gasteiger partial charge in [-0.05, 0) is 12.8 Å². The number of anilines is 1. The Hall–Kier alpha value is -1.96. The van der Waals surface area contributed by atoms with Crippen LogP contribution in [0.15, 0.2) is 6.07 Å². The van der Waals surface area contributed by atoms with E-state index in [1.54, 1.807) is 6.07 Å². The van der Waals surface area contributed by atoms with E-state index in [0.717, 1.165) is 21.5 Å². The molecular weight excluding hydrogens is 250 g/mol. The maximum atomic E-state index is 5.59. The van der Waals surface area contributed by atoms with Crippen LogP contribution in [-0.2, 0) is 0 Å². The number of aromatic nitrogens is 6. The second-order valence-corrected chi connectivity index (χ2v) is 5.45. The van der Waals surface area contributed by atoms with Crippen molar-refractivity contribution < 1.29 is 0 Å². The molecule has 3 aromatic heterocycles. The largest absolute Gasteiger partial charge is 0.382 e. The number of nitrogens with zero attached hydrogens (tertiary/aromatic N) is 5. The van der Waals surface area contributed by atoms with E-state index in [1.807, 2.05) is 4.52 Å². The maximum absolute atomic E-state index is 5.59. The third kappa shape index (κ3) is 1.35. The molecule has 0 aliphatic heterocycles. The summed E-state index contributed by atoms with van der Waals surface area (Å²) in [6.07, 6.45) is 3.64. The molecule has 0 bridgehead atoms. The molecule has 0 spiro atoms. The van der Waals surface area contributed by atoms with Crippen molar-refractivity contribution in [3.8, 4) is 10.7 Å². The zero-order valence-corrected chi connectivity index (χ0v) is 10.3. The van der Waals surface area contributed by atoms with Gasteiger partial charge in [-0.15, -0.1) is 10.2 Å². The number of rotatable bonds is 2. The van der Waals surface area contributed by atoms with Gasteiger partial charge in [0.25, 0.3) is 0 Å². The standard InChI is InChI=1S/C10H11N7S/c11-7-4-6(12-13-7)9-16-17-8(5-2-1-3-5)14-15-10(17)18-9/h4-5H,1-3H2,(H3,11,12,13). The van der Waals surface area contributed by atoms with Crippen molar-refractivity contribution >= 4 is 22.1 Å². The normalized spacial score (nSPS) is 16.2. The fourth-order valence-electron chi connectivity index (χ4n) is 2.11. The molecule has 1 saturated carbocycles. The molecule has 1 aliphatic carbocycles. The molecule has 0 saturated heterocycles. The Morgan fingerprint density at radius 2 is 2.28 bits per heavy atom. The van der Waals surface area contributed by atoms with Crippen LogP contribution in [0, 0.1) is 0 Å². The summed E-state index contributed by atoms with van der Waals surface area (Å²) < 4.78 is 1.85. The van der Waals surface area contributed by atoms with Gasteiger partial charge in [0, 0.05) is 12.0 Å². The van der Waals surface area contributed by atoms with Crippen LogP contribution >= 0.6 is 11.3 Å². The number of aromatic amines is 1. The van der Waals surface area contributed by atoms with Gasteiger partial charge in [-0.1, -0.05) is 17.8 Å². The molecule has 3 N–H and O–H groups in total. The van der Waals surface area contributed by atoms with Crippen molar-refractivity contribution in [1.29, 1.82) is 0 Å². The summed E-state index contributed by atoms with van der Waals surface area (Å²) in [4.78, 5) is 0.820. The summed E-state index contributed by atoms with van der Waals surface area (Å²) in [5.74, 6) is 1.96. The van der Waals surface area contributed by atoms with Gasteiger partial charge in [-0.25, -0.2) is 0 Å². The second-order valence-electron chi connectivity index (χ2n) is 4.49. The van der Waals surface area contributed by atoms with Crippen LogP contribution in [0.2, 0.25) is 0 Å². The lowest BCUT2D eigenvalue weighted by Gasteiger charge is -2.22. The highest BCUT2D eigenvalue weighted by Gasteiger charge is 2.26. The molecule has 0 amide bonds. The molecule has 18 heavy (non-hydrogen) atoms. The number of nitrogens with two attached hydrogens (primary N) is 1. The van der Waals surface area contributed by atoms with E-state index in [0.29, 0.717) is 11.7 Å². The lowest BCUT2D eigenvalue weighted by Crippen LogP contribution is -2.12. The molecule has 1 fully saturated rings. The minimum absolute atomic E-state index is 0.468. The average Bonchev–Trinajstić information content (AvgIpc) is 2.92. The first-order chi connectivity index (χ1) is 8.81. The third-order valence-electron chi connectivity index (χ3n) is 3.31. The lowest BCUT2D eigenvalue weighted by atomic mass is 9.85. The number of hydrogen-bond acceptors (Lipinski definition) is 6. The summed E-state index contributed by atoms with van der Waals surface area (Å²) in [6, 6.07) is 1.77. The molecule has 3 aromatic rings. The Balaban J connectivity index is 1.81. The Kier molecular flexibility index (Phi) is 1.95. The van der Waals surface area contributed by atoms with E-state index in [9.17, 15) is 0 Å². The van der Waals surface area contributed by atoms with Gasteiger partial charge in [0.15, 0.2) is 10.8 Å². The van der Waals surface area contributed by atoms with Crippen molar-refractivity contribution in [2.24, 2.45) is 0 Å². The fourth-order valence-corrected chi connectivity index (χ4v) is 2.92. The summed E-state index contributed by atoms with van der Waals surface area (Å²) in [7, 11) is 0. The third-order valence-corrected chi connectivity index (χ3v) is 4.25. The smallest absolute Gasteiger partial charge is 0.235 e. The summed E-state index contributed by atoms with van der Waals surface area (Å²) in [6.45, 7) is 0. The van der Waals surface area contributed by atoms with Gasteiger partial charge < -0.3 is 5.73 Å². The van der Waals surface area contributed by atoms with Gasteiger partial charge in [-0.2, -0.15) is 14.7 Å². The predicted octanol–water partition coefficient (Wildman–Crippen LogP) is 1.43. The predicted molar refractivity (Wildman–Crippen MR) is 67.2 cm³/mol. The number of H-pyrrole nitrogens is 1. The fraction of sp³-hybridized carbons (Fsp3) is 0.400. The number of nitrogen functional groups attached to an aromatic ring is 1. The molecule has 92 valence electrons. The first kappa shape index (κ1) is 10.0. The molecule has 3 heterocycles. The first-order valence-corrected chi connectivity index (χ1v) is 6.66. The Morgan fingerprint density at radius 3 is 2.94 bits per heavy atom. The monoisotopic (exact) mass is 261 g/mol. The van der Waals surface area contributed by atoms with Crippen LogP contribution in [0.1, 0.15) is 31.0 Å². The van der Waals surface area contributed by atoms with Crippen molar-refractivity contribution in [2.45, 2.75) is 25.2 Å². The quantitative estimate of drug-likeness (QED) is 0.727. The van der Waals surface area contributed by atoms with Crippen molar-refractivity contribution in [3.05, 3.63) is 11.9 Å². The molecule has 0 radical (unpaired) electrons. The van der Waals surface area contributed by atoms with Gasteiger partial charge >= 0.3 is 0 Å².